The van der Waals surface area contributed by atoms with Gasteiger partial charge in [-0.15, -0.1) is 0 Å². The third-order valence-electron chi connectivity index (χ3n) is 3.35. The van der Waals surface area contributed by atoms with Crippen molar-refractivity contribution in [3.05, 3.63) is 22.2 Å². The number of carboxylic acid groups (broad SMARTS) is 1. The van der Waals surface area contributed by atoms with Crippen molar-refractivity contribution in [3.8, 4) is 11.5 Å². The van der Waals surface area contributed by atoms with Crippen LogP contribution in [0.5, 0.6) is 11.5 Å². The van der Waals surface area contributed by atoms with Gasteiger partial charge in [-0.3, -0.25) is 4.79 Å². The standard InChI is InChI=1S/C14H18BrNO5/c1-14(2,13(18)19)16(3)12(17)9-6-8(20-4)7-10(15)11(9)21-5/h6-7H,1-5H3,(H,18,19). The number of carboxylic acids is 1. The molecule has 1 aromatic rings. The van der Waals surface area contributed by atoms with Crippen LogP contribution in [-0.2, 0) is 4.79 Å². The molecule has 0 bridgehead atoms. The van der Waals surface area contributed by atoms with E-state index in [0.717, 1.165) is 4.90 Å². The number of rotatable bonds is 5. The van der Waals surface area contributed by atoms with Crippen molar-refractivity contribution in [1.29, 1.82) is 0 Å². The van der Waals surface area contributed by atoms with E-state index in [2.05, 4.69) is 15.9 Å². The number of amides is 1. The summed E-state index contributed by atoms with van der Waals surface area (Å²) in [6.07, 6.45) is 0. The second-order valence-electron chi connectivity index (χ2n) is 4.92. The minimum Gasteiger partial charge on any atom is -0.497 e. The van der Waals surface area contributed by atoms with Crippen LogP contribution >= 0.6 is 15.9 Å². The van der Waals surface area contributed by atoms with Crippen LogP contribution in [0.1, 0.15) is 24.2 Å². The fourth-order valence-corrected chi connectivity index (χ4v) is 2.23. The molecule has 0 saturated carbocycles. The van der Waals surface area contributed by atoms with Crippen molar-refractivity contribution in [2.45, 2.75) is 19.4 Å². The van der Waals surface area contributed by atoms with Crippen molar-refractivity contribution in [2.24, 2.45) is 0 Å². The molecule has 0 aliphatic heterocycles. The number of nitrogens with zero attached hydrogens (tertiary/aromatic N) is 1. The largest absolute Gasteiger partial charge is 0.497 e. The molecule has 0 atom stereocenters. The minimum atomic E-state index is -1.35. The zero-order valence-corrected chi connectivity index (χ0v) is 14.1. The molecule has 0 fully saturated rings. The minimum absolute atomic E-state index is 0.223. The van der Waals surface area contributed by atoms with Gasteiger partial charge in [0.1, 0.15) is 17.0 Å². The monoisotopic (exact) mass is 359 g/mol. The third kappa shape index (κ3) is 3.29. The molecule has 0 aromatic heterocycles. The highest BCUT2D eigenvalue weighted by Gasteiger charge is 2.36. The molecule has 0 unspecified atom stereocenters. The molecule has 1 N–H and O–H groups in total. The topological polar surface area (TPSA) is 76.1 Å². The highest BCUT2D eigenvalue weighted by Crippen LogP contribution is 2.35. The van der Waals surface area contributed by atoms with E-state index in [-0.39, 0.29) is 5.56 Å². The van der Waals surface area contributed by atoms with Gasteiger partial charge in [0.25, 0.3) is 5.91 Å². The maximum atomic E-state index is 12.6. The first-order chi connectivity index (χ1) is 9.66. The highest BCUT2D eigenvalue weighted by molar-refractivity contribution is 9.10. The summed E-state index contributed by atoms with van der Waals surface area (Å²) >= 11 is 3.30. The molecule has 0 saturated heterocycles. The summed E-state index contributed by atoms with van der Waals surface area (Å²) in [6.45, 7) is 2.91. The van der Waals surface area contributed by atoms with Gasteiger partial charge in [0.2, 0.25) is 0 Å². The first-order valence-electron chi connectivity index (χ1n) is 6.09. The summed E-state index contributed by atoms with van der Waals surface area (Å²) < 4.78 is 10.9. The van der Waals surface area contributed by atoms with Gasteiger partial charge in [-0.05, 0) is 41.9 Å². The predicted octanol–water partition coefficient (Wildman–Crippen LogP) is 2.40. The van der Waals surface area contributed by atoms with Crippen LogP contribution in [0.15, 0.2) is 16.6 Å². The Hall–Kier alpha value is -1.76. The molecular weight excluding hydrogens is 342 g/mol. The summed E-state index contributed by atoms with van der Waals surface area (Å²) in [4.78, 5) is 25.0. The van der Waals surface area contributed by atoms with E-state index < -0.39 is 17.4 Å². The number of hydrogen-bond donors (Lipinski definition) is 1. The Balaban J connectivity index is 3.35. The van der Waals surface area contributed by atoms with E-state index in [1.807, 2.05) is 0 Å². The number of methoxy groups -OCH3 is 2. The van der Waals surface area contributed by atoms with Gasteiger partial charge in [0.05, 0.1) is 24.3 Å². The summed E-state index contributed by atoms with van der Waals surface area (Å²) in [6, 6.07) is 3.18. The second-order valence-corrected chi connectivity index (χ2v) is 5.77. The number of benzene rings is 1. The molecule has 0 aliphatic rings. The van der Waals surface area contributed by atoms with Gasteiger partial charge in [0.15, 0.2) is 0 Å². The first-order valence-corrected chi connectivity index (χ1v) is 6.89. The number of carbonyl (C=O) groups is 2. The SMILES string of the molecule is COc1cc(Br)c(OC)c(C(=O)N(C)C(C)(C)C(=O)O)c1. The molecule has 6 nitrogen and oxygen atoms in total. The van der Waals surface area contributed by atoms with Crippen LogP contribution in [0, 0.1) is 0 Å². The lowest BCUT2D eigenvalue weighted by Crippen LogP contribution is -2.50. The second kappa shape index (κ2) is 6.34. The molecule has 0 radical (unpaired) electrons. The van der Waals surface area contributed by atoms with Gasteiger partial charge in [-0.25, -0.2) is 4.79 Å². The molecule has 21 heavy (non-hydrogen) atoms. The average Bonchev–Trinajstić information content (AvgIpc) is 2.44. The molecule has 0 heterocycles. The lowest BCUT2D eigenvalue weighted by atomic mass is 10.0. The summed E-state index contributed by atoms with van der Waals surface area (Å²) in [5.74, 6) is -0.778. The number of ether oxygens (including phenoxy) is 2. The Kier molecular flexibility index (Phi) is 5.22. The molecule has 0 aliphatic carbocycles. The summed E-state index contributed by atoms with van der Waals surface area (Å²) in [5, 5.41) is 9.23. The fourth-order valence-electron chi connectivity index (χ4n) is 1.63. The van der Waals surface area contributed by atoms with Gasteiger partial charge in [-0.2, -0.15) is 0 Å². The van der Waals surface area contributed by atoms with E-state index in [4.69, 9.17) is 9.47 Å². The Bertz CT molecular complexity index is 571. The molecule has 7 heteroatoms. The molecule has 0 spiro atoms. The van der Waals surface area contributed by atoms with E-state index in [1.54, 1.807) is 6.07 Å². The Morgan fingerprint density at radius 2 is 1.81 bits per heavy atom. The van der Waals surface area contributed by atoms with Crippen molar-refractivity contribution in [2.75, 3.05) is 21.3 Å². The summed E-state index contributed by atoms with van der Waals surface area (Å²) in [5.41, 5.74) is -1.13. The molecule has 116 valence electrons. The number of likely N-dealkylation sites (N-methyl/N-ethyl adjacent to an activating group) is 1. The average molecular weight is 360 g/mol. The molecule has 1 aromatic carbocycles. The molecule has 1 rings (SSSR count). The predicted molar refractivity (Wildman–Crippen MR) is 81.1 cm³/mol. The highest BCUT2D eigenvalue weighted by atomic mass is 79.9. The van der Waals surface area contributed by atoms with Gasteiger partial charge >= 0.3 is 5.97 Å². The lowest BCUT2D eigenvalue weighted by molar-refractivity contribution is -0.147. The number of halogens is 1. The maximum absolute atomic E-state index is 12.6. The van der Waals surface area contributed by atoms with Crippen LogP contribution in [0.3, 0.4) is 0 Å². The van der Waals surface area contributed by atoms with Crippen molar-refractivity contribution >= 4 is 27.8 Å². The summed E-state index contributed by atoms with van der Waals surface area (Å²) in [7, 11) is 4.35. The first kappa shape index (κ1) is 17.3. The fraction of sp³-hybridized carbons (Fsp3) is 0.429. The van der Waals surface area contributed by atoms with Crippen LogP contribution in [-0.4, -0.2) is 48.7 Å². The Labute approximate surface area is 131 Å². The van der Waals surface area contributed by atoms with Crippen LogP contribution in [0.25, 0.3) is 0 Å². The number of aliphatic carboxylic acids is 1. The zero-order chi connectivity index (χ0) is 16.4. The van der Waals surface area contributed by atoms with E-state index >= 15 is 0 Å². The zero-order valence-electron chi connectivity index (χ0n) is 12.6. The maximum Gasteiger partial charge on any atom is 0.329 e. The van der Waals surface area contributed by atoms with Gasteiger partial charge in [0, 0.05) is 7.05 Å². The molecule has 1 amide bonds. The van der Waals surface area contributed by atoms with E-state index in [1.165, 1.54) is 41.2 Å². The number of hydrogen-bond acceptors (Lipinski definition) is 4. The molecular formula is C14H18BrNO5. The van der Waals surface area contributed by atoms with Crippen LogP contribution < -0.4 is 9.47 Å². The Morgan fingerprint density at radius 1 is 1.24 bits per heavy atom. The van der Waals surface area contributed by atoms with Crippen LogP contribution in [0.4, 0.5) is 0 Å². The smallest absolute Gasteiger partial charge is 0.329 e. The quantitative estimate of drug-likeness (QED) is 0.873. The Morgan fingerprint density at radius 3 is 2.24 bits per heavy atom. The lowest BCUT2D eigenvalue weighted by Gasteiger charge is -2.32. The number of carbonyl (C=O) groups excluding carboxylic acids is 1. The van der Waals surface area contributed by atoms with E-state index in [0.29, 0.717) is 16.0 Å². The third-order valence-corrected chi connectivity index (χ3v) is 3.94. The van der Waals surface area contributed by atoms with Gasteiger partial charge in [-0.1, -0.05) is 0 Å². The van der Waals surface area contributed by atoms with E-state index in [9.17, 15) is 14.7 Å². The normalized spacial score (nSPS) is 11.0. The van der Waals surface area contributed by atoms with Crippen molar-refractivity contribution < 1.29 is 24.2 Å². The van der Waals surface area contributed by atoms with Gasteiger partial charge < -0.3 is 19.5 Å². The van der Waals surface area contributed by atoms with Crippen molar-refractivity contribution in [3.63, 3.8) is 0 Å². The van der Waals surface area contributed by atoms with Crippen LogP contribution in [0.2, 0.25) is 0 Å². The van der Waals surface area contributed by atoms with Crippen molar-refractivity contribution in [1.82, 2.24) is 4.90 Å².